The van der Waals surface area contributed by atoms with Gasteiger partial charge in [-0.2, -0.15) is 0 Å². The molecule has 4 saturated carbocycles. The molecule has 0 saturated heterocycles. The van der Waals surface area contributed by atoms with E-state index in [2.05, 4.69) is 0 Å². The summed E-state index contributed by atoms with van der Waals surface area (Å²) in [6, 6.07) is 0. The molecular formula is C10H12O4. The zero-order chi connectivity index (χ0) is 9.71. The van der Waals surface area contributed by atoms with Gasteiger partial charge in [-0.15, -0.1) is 0 Å². The van der Waals surface area contributed by atoms with Crippen LogP contribution >= 0.6 is 0 Å². The van der Waals surface area contributed by atoms with E-state index in [-0.39, 0.29) is 6.10 Å². The molecule has 76 valence electrons. The molecular weight excluding hydrogens is 184 g/mol. The molecule has 6 atom stereocenters. The molecule has 4 fully saturated rings. The van der Waals surface area contributed by atoms with Gasteiger partial charge in [-0.1, -0.05) is 0 Å². The third-order valence-corrected chi connectivity index (χ3v) is 4.25. The highest BCUT2D eigenvalue weighted by Gasteiger charge is 2.74. The number of hydrogen-bond acceptors (Lipinski definition) is 4. The smallest absolute Gasteiger partial charge is 0.293 e. The van der Waals surface area contributed by atoms with E-state index in [9.17, 15) is 9.59 Å². The summed E-state index contributed by atoms with van der Waals surface area (Å²) >= 11 is 0. The first-order valence-corrected chi connectivity index (χ1v) is 5.03. The lowest BCUT2D eigenvalue weighted by Gasteiger charge is -2.17. The quantitative estimate of drug-likeness (QED) is 0.590. The third kappa shape index (κ3) is 0.837. The van der Waals surface area contributed by atoms with Crippen LogP contribution in [-0.4, -0.2) is 25.7 Å². The summed E-state index contributed by atoms with van der Waals surface area (Å²) in [6.45, 7) is 1.56. The Labute approximate surface area is 81.6 Å². The van der Waals surface area contributed by atoms with Crippen LogP contribution in [0.25, 0.3) is 0 Å². The van der Waals surface area contributed by atoms with Crippen LogP contribution in [0.4, 0.5) is 0 Å². The van der Waals surface area contributed by atoms with Crippen molar-refractivity contribution in [3.05, 3.63) is 0 Å². The minimum atomic E-state index is 0.114. The van der Waals surface area contributed by atoms with Crippen LogP contribution in [0.1, 0.15) is 6.42 Å². The summed E-state index contributed by atoms with van der Waals surface area (Å²) in [7, 11) is 0. The summed E-state index contributed by atoms with van der Waals surface area (Å²) < 4.78 is 9.91. The molecule has 0 unspecified atom stereocenters. The van der Waals surface area contributed by atoms with E-state index >= 15 is 0 Å². The van der Waals surface area contributed by atoms with E-state index in [1.54, 1.807) is 0 Å². The Hall–Kier alpha value is -1.06. The Balaban J connectivity index is 1.69. The highest BCUT2D eigenvalue weighted by atomic mass is 16.5. The van der Waals surface area contributed by atoms with Crippen LogP contribution in [0.3, 0.4) is 0 Å². The lowest BCUT2D eigenvalue weighted by Crippen LogP contribution is -2.22. The highest BCUT2D eigenvalue weighted by Crippen LogP contribution is 2.73. The maximum absolute atomic E-state index is 10.3. The zero-order valence-electron chi connectivity index (χ0n) is 7.67. The molecule has 0 amide bonds. The Morgan fingerprint density at radius 1 is 1.14 bits per heavy atom. The molecule has 0 aromatic carbocycles. The summed E-state index contributed by atoms with van der Waals surface area (Å²) in [6.07, 6.45) is 1.27. The number of carbonyl (C=O) groups is 2. The molecule has 0 aromatic rings. The van der Waals surface area contributed by atoms with E-state index in [0.717, 1.165) is 12.3 Å². The van der Waals surface area contributed by atoms with E-state index in [0.29, 0.717) is 43.2 Å². The molecule has 0 N–H and O–H groups in total. The topological polar surface area (TPSA) is 52.6 Å². The van der Waals surface area contributed by atoms with Gasteiger partial charge in [0.15, 0.2) is 0 Å². The molecule has 4 heteroatoms. The molecule has 0 radical (unpaired) electrons. The molecule has 0 heterocycles. The van der Waals surface area contributed by atoms with Crippen LogP contribution in [-0.2, 0) is 19.1 Å². The number of rotatable bonds is 5. The largest absolute Gasteiger partial charge is 0.468 e. The molecule has 4 aliphatic carbocycles. The van der Waals surface area contributed by atoms with Gasteiger partial charge >= 0.3 is 0 Å². The molecule has 4 aliphatic rings. The van der Waals surface area contributed by atoms with Crippen molar-refractivity contribution in [1.82, 2.24) is 0 Å². The van der Waals surface area contributed by atoms with Gasteiger partial charge in [0.05, 0.1) is 6.61 Å². The Morgan fingerprint density at radius 3 is 2.64 bits per heavy atom. The van der Waals surface area contributed by atoms with Gasteiger partial charge < -0.3 is 9.47 Å². The Bertz CT molecular complexity index is 277. The minimum Gasteiger partial charge on any atom is -0.468 e. The minimum absolute atomic E-state index is 0.114. The number of carbonyl (C=O) groups excluding carboxylic acids is 2. The Kier molecular flexibility index (Phi) is 1.60. The number of ether oxygens (including phenoxy) is 2. The fraction of sp³-hybridized carbons (Fsp3) is 0.800. The molecule has 0 aromatic heterocycles. The van der Waals surface area contributed by atoms with Gasteiger partial charge in [0.2, 0.25) is 0 Å². The summed E-state index contributed by atoms with van der Waals surface area (Å²) in [5.74, 6) is 2.86. The van der Waals surface area contributed by atoms with E-state index in [4.69, 9.17) is 9.47 Å². The van der Waals surface area contributed by atoms with E-state index in [1.807, 2.05) is 0 Å². The average molecular weight is 196 g/mol. The van der Waals surface area contributed by atoms with Gasteiger partial charge in [0, 0.05) is 17.8 Å². The van der Waals surface area contributed by atoms with Crippen LogP contribution in [0, 0.1) is 29.6 Å². The van der Waals surface area contributed by atoms with E-state index in [1.165, 1.54) is 0 Å². The third-order valence-electron chi connectivity index (χ3n) is 4.25. The predicted molar refractivity (Wildman–Crippen MR) is 45.0 cm³/mol. The van der Waals surface area contributed by atoms with Crippen molar-refractivity contribution in [1.29, 1.82) is 0 Å². The van der Waals surface area contributed by atoms with Crippen molar-refractivity contribution in [2.75, 3.05) is 6.61 Å². The van der Waals surface area contributed by atoms with Gasteiger partial charge in [0.1, 0.15) is 6.10 Å². The maximum Gasteiger partial charge on any atom is 0.293 e. The molecule has 4 bridgehead atoms. The zero-order valence-corrected chi connectivity index (χ0v) is 7.67. The van der Waals surface area contributed by atoms with Crippen molar-refractivity contribution in [3.8, 4) is 0 Å². The van der Waals surface area contributed by atoms with Crippen LogP contribution in [0.15, 0.2) is 0 Å². The summed E-state index contributed by atoms with van der Waals surface area (Å²) in [4.78, 5) is 20.4. The van der Waals surface area contributed by atoms with Crippen molar-refractivity contribution in [3.63, 3.8) is 0 Å². The maximum atomic E-state index is 10.3. The SMILES string of the molecule is O=COC[C@H]1[C@H]2C[C@H]3[C@H]1[C@H]3[C@@H]2OC=O. The first-order chi connectivity index (χ1) is 6.88. The van der Waals surface area contributed by atoms with Gasteiger partial charge in [-0.3, -0.25) is 9.59 Å². The van der Waals surface area contributed by atoms with Crippen LogP contribution < -0.4 is 0 Å². The van der Waals surface area contributed by atoms with Crippen molar-refractivity contribution in [2.45, 2.75) is 12.5 Å². The lowest BCUT2D eigenvalue weighted by molar-refractivity contribution is -0.137. The second kappa shape index (κ2) is 2.72. The van der Waals surface area contributed by atoms with Gasteiger partial charge in [-0.05, 0) is 18.3 Å². The number of hydrogen-bond donors (Lipinski definition) is 0. The first kappa shape index (κ1) is 8.26. The molecule has 4 rings (SSSR count). The van der Waals surface area contributed by atoms with Gasteiger partial charge in [0.25, 0.3) is 12.9 Å². The average Bonchev–Trinajstić information content (AvgIpc) is 2.54. The second-order valence-corrected chi connectivity index (χ2v) is 4.51. The fourth-order valence-corrected chi connectivity index (χ4v) is 3.89. The summed E-state index contributed by atoms with van der Waals surface area (Å²) in [5.41, 5.74) is 0. The molecule has 0 aliphatic heterocycles. The van der Waals surface area contributed by atoms with Crippen molar-refractivity contribution in [2.24, 2.45) is 29.6 Å². The lowest BCUT2D eigenvalue weighted by atomic mass is 9.98. The van der Waals surface area contributed by atoms with Crippen LogP contribution in [0.2, 0.25) is 0 Å². The van der Waals surface area contributed by atoms with Crippen LogP contribution in [0.5, 0.6) is 0 Å². The summed E-state index contributed by atoms with van der Waals surface area (Å²) in [5, 5.41) is 0. The predicted octanol–water partition coefficient (Wildman–Crippen LogP) is 0.213. The van der Waals surface area contributed by atoms with Crippen molar-refractivity contribution < 1.29 is 19.1 Å². The normalized spacial score (nSPS) is 51.4. The molecule has 4 nitrogen and oxygen atoms in total. The molecule has 0 spiro atoms. The standard InChI is InChI=1S/C10H12O4/c11-3-13-2-7-5-1-6-8(7)9(6)10(5)14-4-12/h3-10H,1-2H2/t5-,6+,7+,8-,9+,10-/m1/s1. The fourth-order valence-electron chi connectivity index (χ4n) is 3.89. The Morgan fingerprint density at radius 2 is 2.00 bits per heavy atom. The van der Waals surface area contributed by atoms with Gasteiger partial charge in [-0.25, -0.2) is 0 Å². The van der Waals surface area contributed by atoms with E-state index < -0.39 is 0 Å². The highest BCUT2D eigenvalue weighted by molar-refractivity contribution is 5.40. The van der Waals surface area contributed by atoms with Crippen molar-refractivity contribution >= 4 is 12.9 Å². The second-order valence-electron chi connectivity index (χ2n) is 4.51. The molecule has 14 heavy (non-hydrogen) atoms. The monoisotopic (exact) mass is 196 g/mol. The first-order valence-electron chi connectivity index (χ1n) is 5.03.